The van der Waals surface area contributed by atoms with E-state index in [4.69, 9.17) is 9.57 Å². The van der Waals surface area contributed by atoms with Crippen molar-refractivity contribution < 1.29 is 9.57 Å². The van der Waals surface area contributed by atoms with Gasteiger partial charge in [0, 0.05) is 6.54 Å². The number of rotatable bonds is 5. The fourth-order valence-electron chi connectivity index (χ4n) is 5.62. The van der Waals surface area contributed by atoms with E-state index in [0.717, 1.165) is 19.4 Å². The first-order chi connectivity index (χ1) is 16.5. The van der Waals surface area contributed by atoms with E-state index < -0.39 is 5.54 Å². The molecule has 3 aromatic carbocycles. The van der Waals surface area contributed by atoms with E-state index in [9.17, 15) is 0 Å². The van der Waals surface area contributed by atoms with Gasteiger partial charge in [-0.1, -0.05) is 96.2 Å². The van der Waals surface area contributed by atoms with Gasteiger partial charge >= 0.3 is 0 Å². The summed E-state index contributed by atoms with van der Waals surface area (Å²) in [6, 6.07) is 32.9. The van der Waals surface area contributed by atoms with Gasteiger partial charge in [-0.3, -0.25) is 4.90 Å². The molecule has 0 spiro atoms. The van der Waals surface area contributed by atoms with Crippen LogP contribution in [0.1, 0.15) is 56.7 Å². The summed E-state index contributed by atoms with van der Waals surface area (Å²) in [5.41, 5.74) is 3.09. The van der Waals surface area contributed by atoms with E-state index in [2.05, 4.69) is 122 Å². The van der Waals surface area contributed by atoms with E-state index in [0.29, 0.717) is 12.3 Å². The van der Waals surface area contributed by atoms with Crippen LogP contribution < -0.4 is 0 Å². The Bertz CT molecular complexity index is 1010. The summed E-state index contributed by atoms with van der Waals surface area (Å²) in [6.45, 7) is 7.14. The highest BCUT2D eigenvalue weighted by molar-refractivity contribution is 5.77. The Morgan fingerprint density at radius 2 is 1.29 bits per heavy atom. The summed E-state index contributed by atoms with van der Waals surface area (Å²) in [5.74, 6) is 0.703. The lowest BCUT2D eigenvalue weighted by molar-refractivity contribution is -0.00198. The van der Waals surface area contributed by atoms with Gasteiger partial charge in [-0.15, -0.1) is 0 Å². The molecule has 3 aromatic rings. The van der Waals surface area contributed by atoms with Crippen LogP contribution in [-0.4, -0.2) is 35.1 Å². The Morgan fingerprint density at radius 3 is 1.76 bits per heavy atom. The Morgan fingerprint density at radius 1 is 0.794 bits per heavy atom. The highest BCUT2D eigenvalue weighted by atomic mass is 16.7. The lowest BCUT2D eigenvalue weighted by Crippen LogP contribution is -2.53. The van der Waals surface area contributed by atoms with Crippen LogP contribution in [0.2, 0.25) is 0 Å². The molecular formula is C30H34N2O2. The molecule has 1 saturated heterocycles. The molecule has 5 rings (SSSR count). The first kappa shape index (κ1) is 22.7. The van der Waals surface area contributed by atoms with Gasteiger partial charge in [0.05, 0.1) is 18.0 Å². The van der Waals surface area contributed by atoms with Crippen LogP contribution in [0.5, 0.6) is 0 Å². The van der Waals surface area contributed by atoms with E-state index in [1.807, 2.05) is 0 Å². The summed E-state index contributed by atoms with van der Waals surface area (Å²) >= 11 is 0. The predicted octanol–water partition coefficient (Wildman–Crippen LogP) is 6.36. The smallest absolute Gasteiger partial charge is 0.230 e. The third-order valence-corrected chi connectivity index (χ3v) is 6.82. The first-order valence-corrected chi connectivity index (χ1v) is 12.3. The Kier molecular flexibility index (Phi) is 6.18. The number of hydrogen-bond donors (Lipinski definition) is 0. The van der Waals surface area contributed by atoms with Crippen molar-refractivity contribution in [1.82, 2.24) is 4.90 Å². The molecule has 0 N–H and O–H groups in total. The van der Waals surface area contributed by atoms with Crippen molar-refractivity contribution in [1.29, 1.82) is 0 Å². The number of benzene rings is 3. The van der Waals surface area contributed by atoms with Crippen LogP contribution in [0.25, 0.3) is 0 Å². The second-order valence-electron chi connectivity index (χ2n) is 10.3. The van der Waals surface area contributed by atoms with Crippen molar-refractivity contribution >= 4 is 5.90 Å². The van der Waals surface area contributed by atoms with Gasteiger partial charge in [0.15, 0.2) is 6.10 Å². The quantitative estimate of drug-likeness (QED) is 0.421. The summed E-state index contributed by atoms with van der Waals surface area (Å²) in [5, 5.41) is 4.35. The molecule has 2 atom stereocenters. The zero-order chi connectivity index (χ0) is 23.6. The number of likely N-dealkylation sites (tertiary alicyclic amines) is 1. The summed E-state index contributed by atoms with van der Waals surface area (Å²) in [4.78, 5) is 8.71. The zero-order valence-corrected chi connectivity index (χ0v) is 20.4. The van der Waals surface area contributed by atoms with Gasteiger partial charge in [-0.2, -0.15) is 0 Å². The van der Waals surface area contributed by atoms with E-state index in [1.54, 1.807) is 0 Å². The Labute approximate surface area is 203 Å². The number of nitrogens with zero attached hydrogens (tertiary/aromatic N) is 2. The SMILES string of the molecule is CC(C)(C)OC1=NO[C@@H]([C@@H]2CCCN2C(c2ccccc2)(c2ccccc2)c2ccccc2)C1. The summed E-state index contributed by atoms with van der Waals surface area (Å²) in [6.07, 6.45) is 2.86. The van der Waals surface area contributed by atoms with Gasteiger partial charge < -0.3 is 9.57 Å². The molecule has 0 amide bonds. The van der Waals surface area contributed by atoms with Crippen LogP contribution in [0.3, 0.4) is 0 Å². The Hall–Kier alpha value is -3.11. The van der Waals surface area contributed by atoms with Crippen LogP contribution in [0, 0.1) is 0 Å². The first-order valence-electron chi connectivity index (χ1n) is 12.3. The summed E-state index contributed by atoms with van der Waals surface area (Å²) in [7, 11) is 0. The maximum Gasteiger partial charge on any atom is 0.230 e. The minimum Gasteiger partial charge on any atom is -0.473 e. The monoisotopic (exact) mass is 454 g/mol. The molecule has 1 fully saturated rings. The second-order valence-corrected chi connectivity index (χ2v) is 10.3. The fraction of sp³-hybridized carbons (Fsp3) is 0.367. The molecule has 0 aromatic heterocycles. The minimum atomic E-state index is -0.429. The molecule has 4 nitrogen and oxygen atoms in total. The minimum absolute atomic E-state index is 0.0321. The highest BCUT2D eigenvalue weighted by Crippen LogP contribution is 2.47. The molecule has 0 radical (unpaired) electrons. The largest absolute Gasteiger partial charge is 0.473 e. The number of hydrogen-bond acceptors (Lipinski definition) is 4. The number of ether oxygens (including phenoxy) is 1. The summed E-state index contributed by atoms with van der Waals surface area (Å²) < 4.78 is 6.07. The topological polar surface area (TPSA) is 34.1 Å². The molecule has 0 unspecified atom stereocenters. The van der Waals surface area contributed by atoms with Crippen molar-refractivity contribution in [2.24, 2.45) is 5.16 Å². The average molecular weight is 455 g/mol. The maximum atomic E-state index is 6.07. The van der Waals surface area contributed by atoms with Crippen LogP contribution in [-0.2, 0) is 15.1 Å². The lowest BCUT2D eigenvalue weighted by atomic mass is 9.75. The normalized spacial score (nSPS) is 21.2. The van der Waals surface area contributed by atoms with Gasteiger partial charge in [0.1, 0.15) is 5.60 Å². The van der Waals surface area contributed by atoms with Gasteiger partial charge in [0.25, 0.3) is 0 Å². The average Bonchev–Trinajstić information content (AvgIpc) is 3.51. The predicted molar refractivity (Wildman–Crippen MR) is 137 cm³/mol. The van der Waals surface area contributed by atoms with Crippen molar-refractivity contribution in [3.8, 4) is 0 Å². The van der Waals surface area contributed by atoms with E-state index >= 15 is 0 Å². The molecule has 0 aliphatic carbocycles. The molecule has 0 saturated carbocycles. The molecular weight excluding hydrogens is 420 g/mol. The molecule has 2 heterocycles. The second kappa shape index (κ2) is 9.27. The van der Waals surface area contributed by atoms with Crippen molar-refractivity contribution in [2.45, 2.75) is 63.3 Å². The molecule has 2 aliphatic rings. The standard InChI is InChI=1S/C30H34N2O2/c1-29(2,3)33-28-22-27(34-31-28)26-20-13-21-32(26)30(23-14-7-4-8-15-23,24-16-9-5-10-17-24)25-18-11-6-12-19-25/h4-12,14-19,26-27H,13,20-22H2,1-3H3/t26-,27+/m0/s1. The Balaban J connectivity index is 1.61. The molecule has 176 valence electrons. The van der Waals surface area contributed by atoms with Crippen LogP contribution >= 0.6 is 0 Å². The van der Waals surface area contributed by atoms with Gasteiger partial charge in [0.2, 0.25) is 5.90 Å². The highest BCUT2D eigenvalue weighted by Gasteiger charge is 2.50. The third-order valence-electron chi connectivity index (χ3n) is 6.82. The molecule has 0 bridgehead atoms. The molecule has 4 heteroatoms. The maximum absolute atomic E-state index is 6.07. The van der Waals surface area contributed by atoms with Crippen LogP contribution in [0.4, 0.5) is 0 Å². The van der Waals surface area contributed by atoms with Gasteiger partial charge in [-0.05, 0) is 50.3 Å². The van der Waals surface area contributed by atoms with Crippen molar-refractivity contribution in [3.05, 3.63) is 108 Å². The van der Waals surface area contributed by atoms with Gasteiger partial charge in [-0.25, -0.2) is 0 Å². The van der Waals surface area contributed by atoms with Crippen molar-refractivity contribution in [3.63, 3.8) is 0 Å². The third kappa shape index (κ3) is 4.23. The number of oxime groups is 1. The zero-order valence-electron chi connectivity index (χ0n) is 20.4. The van der Waals surface area contributed by atoms with Crippen molar-refractivity contribution in [2.75, 3.05) is 6.54 Å². The lowest BCUT2D eigenvalue weighted by Gasteiger charge is -2.47. The molecule has 2 aliphatic heterocycles. The fourth-order valence-corrected chi connectivity index (χ4v) is 5.62. The van der Waals surface area contributed by atoms with Crippen LogP contribution in [0.15, 0.2) is 96.2 Å². The van der Waals surface area contributed by atoms with E-state index in [-0.39, 0.29) is 17.7 Å². The van der Waals surface area contributed by atoms with E-state index in [1.165, 1.54) is 16.7 Å². The molecule has 34 heavy (non-hydrogen) atoms.